The van der Waals surface area contributed by atoms with Crippen LogP contribution in [0.1, 0.15) is 25.3 Å². The van der Waals surface area contributed by atoms with Crippen molar-refractivity contribution in [1.29, 1.82) is 0 Å². The molecular weight excluding hydrogens is 246 g/mol. The molecule has 0 bridgehead atoms. The van der Waals surface area contributed by atoms with Crippen molar-refractivity contribution in [1.82, 2.24) is 5.32 Å². The zero-order valence-corrected chi connectivity index (χ0v) is 12.2. The first-order chi connectivity index (χ1) is 8.77. The number of hydrogen-bond acceptors (Lipinski definition) is 2. The van der Waals surface area contributed by atoms with Gasteiger partial charge in [-0.1, -0.05) is 43.1 Å². The van der Waals surface area contributed by atoms with E-state index in [9.17, 15) is 0 Å². The molecule has 0 aliphatic heterocycles. The molecule has 2 nitrogen and oxygen atoms in total. The lowest BCUT2D eigenvalue weighted by molar-refractivity contribution is 0.197. The highest BCUT2D eigenvalue weighted by molar-refractivity contribution is 6.31. The Labute approximate surface area is 116 Å². The van der Waals surface area contributed by atoms with Gasteiger partial charge in [0.05, 0.1) is 6.61 Å². The van der Waals surface area contributed by atoms with Gasteiger partial charge in [0.2, 0.25) is 0 Å². The first kappa shape index (κ1) is 15.5. The first-order valence-corrected chi connectivity index (χ1v) is 7.08. The lowest BCUT2D eigenvalue weighted by Gasteiger charge is -2.17. The Morgan fingerprint density at radius 1 is 1.33 bits per heavy atom. The first-order valence-electron chi connectivity index (χ1n) is 6.71. The smallest absolute Gasteiger partial charge is 0.0587 e. The van der Waals surface area contributed by atoms with E-state index >= 15 is 0 Å². The van der Waals surface area contributed by atoms with Gasteiger partial charge in [0, 0.05) is 18.7 Å². The van der Waals surface area contributed by atoms with Gasteiger partial charge in [-0.25, -0.2) is 0 Å². The van der Waals surface area contributed by atoms with Gasteiger partial charge in [-0.15, -0.1) is 0 Å². The Morgan fingerprint density at radius 3 is 2.78 bits per heavy atom. The molecule has 0 spiro atoms. The maximum atomic E-state index is 6.21. The summed E-state index contributed by atoms with van der Waals surface area (Å²) in [6.45, 7) is 4.95. The topological polar surface area (TPSA) is 21.3 Å². The van der Waals surface area contributed by atoms with Gasteiger partial charge in [-0.05, 0) is 36.9 Å². The van der Waals surface area contributed by atoms with Crippen LogP contribution in [0.25, 0.3) is 0 Å². The van der Waals surface area contributed by atoms with Crippen LogP contribution >= 0.6 is 11.6 Å². The van der Waals surface area contributed by atoms with Gasteiger partial charge in [-0.2, -0.15) is 0 Å². The molecule has 0 saturated heterocycles. The van der Waals surface area contributed by atoms with Crippen molar-refractivity contribution in [2.24, 2.45) is 5.92 Å². The average molecular weight is 270 g/mol. The van der Waals surface area contributed by atoms with Crippen LogP contribution in [-0.4, -0.2) is 26.8 Å². The standard InChI is InChI=1S/C15H24ClNO/c1-3-6-13(12-17-9-10-18-2)11-14-7-4-5-8-15(14)16/h4-5,7-8,13,17H,3,6,9-12H2,1-2H3. The van der Waals surface area contributed by atoms with Crippen molar-refractivity contribution in [3.8, 4) is 0 Å². The Balaban J connectivity index is 2.44. The molecule has 0 aromatic heterocycles. The summed E-state index contributed by atoms with van der Waals surface area (Å²) >= 11 is 6.21. The van der Waals surface area contributed by atoms with Crippen LogP contribution in [0.2, 0.25) is 5.02 Å². The Kier molecular flexibility index (Phi) is 8.06. The zero-order valence-electron chi connectivity index (χ0n) is 11.4. The van der Waals surface area contributed by atoms with Crippen LogP contribution in [0.15, 0.2) is 24.3 Å². The van der Waals surface area contributed by atoms with Gasteiger partial charge in [-0.3, -0.25) is 0 Å². The van der Waals surface area contributed by atoms with E-state index in [2.05, 4.69) is 24.4 Å². The van der Waals surface area contributed by atoms with Crippen LogP contribution in [-0.2, 0) is 11.2 Å². The molecule has 0 saturated carbocycles. The fraction of sp³-hybridized carbons (Fsp3) is 0.600. The van der Waals surface area contributed by atoms with Crippen LogP contribution in [0.3, 0.4) is 0 Å². The zero-order chi connectivity index (χ0) is 13.2. The van der Waals surface area contributed by atoms with Crippen LogP contribution in [0.4, 0.5) is 0 Å². The Bertz CT molecular complexity index is 330. The molecule has 1 rings (SSSR count). The molecule has 0 amide bonds. The fourth-order valence-electron chi connectivity index (χ4n) is 2.14. The third-order valence-electron chi connectivity index (χ3n) is 3.08. The van der Waals surface area contributed by atoms with Crippen molar-refractivity contribution in [2.75, 3.05) is 26.8 Å². The summed E-state index contributed by atoms with van der Waals surface area (Å²) in [5, 5.41) is 4.33. The van der Waals surface area contributed by atoms with E-state index in [4.69, 9.17) is 16.3 Å². The number of nitrogens with one attached hydrogen (secondary N) is 1. The molecule has 102 valence electrons. The molecule has 0 fully saturated rings. The number of methoxy groups -OCH3 is 1. The lowest BCUT2D eigenvalue weighted by atomic mass is 9.95. The Morgan fingerprint density at radius 2 is 2.11 bits per heavy atom. The summed E-state index contributed by atoms with van der Waals surface area (Å²) in [6.07, 6.45) is 3.49. The van der Waals surface area contributed by atoms with E-state index < -0.39 is 0 Å². The predicted molar refractivity (Wildman–Crippen MR) is 78.3 cm³/mol. The van der Waals surface area contributed by atoms with E-state index in [0.29, 0.717) is 5.92 Å². The average Bonchev–Trinajstić information content (AvgIpc) is 2.37. The molecule has 3 heteroatoms. The summed E-state index contributed by atoms with van der Waals surface area (Å²) in [5.41, 5.74) is 1.26. The van der Waals surface area contributed by atoms with Crippen molar-refractivity contribution >= 4 is 11.6 Å². The highest BCUT2D eigenvalue weighted by atomic mass is 35.5. The van der Waals surface area contributed by atoms with Gasteiger partial charge >= 0.3 is 0 Å². The van der Waals surface area contributed by atoms with Crippen molar-refractivity contribution in [2.45, 2.75) is 26.2 Å². The number of benzene rings is 1. The SMILES string of the molecule is CCCC(CNCCOC)Cc1ccccc1Cl. The predicted octanol–water partition coefficient (Wildman–Crippen LogP) is 3.53. The summed E-state index contributed by atoms with van der Waals surface area (Å²) in [4.78, 5) is 0. The summed E-state index contributed by atoms with van der Waals surface area (Å²) in [6, 6.07) is 8.14. The normalized spacial score (nSPS) is 12.6. The van der Waals surface area contributed by atoms with Crippen LogP contribution in [0.5, 0.6) is 0 Å². The maximum absolute atomic E-state index is 6.21. The van der Waals surface area contributed by atoms with Crippen molar-refractivity contribution in [3.63, 3.8) is 0 Å². The second-order valence-electron chi connectivity index (χ2n) is 4.65. The van der Waals surface area contributed by atoms with Crippen LogP contribution in [0, 0.1) is 5.92 Å². The summed E-state index contributed by atoms with van der Waals surface area (Å²) in [7, 11) is 1.73. The largest absolute Gasteiger partial charge is 0.383 e. The molecule has 1 atom stereocenters. The molecule has 1 aromatic carbocycles. The van der Waals surface area contributed by atoms with Crippen molar-refractivity contribution < 1.29 is 4.74 Å². The molecule has 0 aliphatic carbocycles. The van der Waals surface area contributed by atoms with Crippen molar-refractivity contribution in [3.05, 3.63) is 34.9 Å². The third-order valence-corrected chi connectivity index (χ3v) is 3.45. The number of hydrogen-bond donors (Lipinski definition) is 1. The number of halogens is 1. The molecule has 0 aliphatic rings. The molecule has 0 radical (unpaired) electrons. The monoisotopic (exact) mass is 269 g/mol. The minimum absolute atomic E-state index is 0.645. The van der Waals surface area contributed by atoms with Gasteiger partial charge in [0.1, 0.15) is 0 Å². The fourth-order valence-corrected chi connectivity index (χ4v) is 2.35. The van der Waals surface area contributed by atoms with E-state index in [-0.39, 0.29) is 0 Å². The van der Waals surface area contributed by atoms with Gasteiger partial charge in [0.25, 0.3) is 0 Å². The van der Waals surface area contributed by atoms with E-state index in [1.165, 1.54) is 18.4 Å². The minimum Gasteiger partial charge on any atom is -0.383 e. The molecule has 1 N–H and O–H groups in total. The van der Waals surface area contributed by atoms with E-state index in [1.807, 2.05) is 12.1 Å². The maximum Gasteiger partial charge on any atom is 0.0587 e. The highest BCUT2D eigenvalue weighted by Gasteiger charge is 2.10. The lowest BCUT2D eigenvalue weighted by Crippen LogP contribution is -2.27. The Hall–Kier alpha value is -0.570. The van der Waals surface area contributed by atoms with Gasteiger partial charge in [0.15, 0.2) is 0 Å². The second kappa shape index (κ2) is 9.37. The van der Waals surface area contributed by atoms with Gasteiger partial charge < -0.3 is 10.1 Å². The third kappa shape index (κ3) is 5.85. The summed E-state index contributed by atoms with van der Waals surface area (Å²) in [5.74, 6) is 0.645. The molecule has 18 heavy (non-hydrogen) atoms. The number of rotatable bonds is 9. The second-order valence-corrected chi connectivity index (χ2v) is 5.05. The quantitative estimate of drug-likeness (QED) is 0.693. The summed E-state index contributed by atoms with van der Waals surface area (Å²) < 4.78 is 5.04. The molecule has 0 heterocycles. The van der Waals surface area contributed by atoms with Crippen LogP contribution < -0.4 is 5.32 Å². The number of ether oxygens (including phenoxy) is 1. The molecule has 1 unspecified atom stereocenters. The minimum atomic E-state index is 0.645. The molecular formula is C15H24ClNO. The van der Waals surface area contributed by atoms with E-state index in [0.717, 1.165) is 31.1 Å². The highest BCUT2D eigenvalue weighted by Crippen LogP contribution is 2.20. The molecule has 1 aromatic rings. The van der Waals surface area contributed by atoms with E-state index in [1.54, 1.807) is 7.11 Å².